The molecule has 1 aliphatic rings. The summed E-state index contributed by atoms with van der Waals surface area (Å²) in [5, 5.41) is 11.0. The molecule has 1 aromatic carbocycles. The van der Waals surface area contributed by atoms with Crippen LogP contribution in [0.3, 0.4) is 0 Å². The highest BCUT2D eigenvalue weighted by Gasteiger charge is 2.29. The van der Waals surface area contributed by atoms with Crippen molar-refractivity contribution in [2.24, 2.45) is 5.92 Å². The van der Waals surface area contributed by atoms with E-state index in [1.54, 1.807) is 4.68 Å². The average Bonchev–Trinajstić information content (AvgIpc) is 3.08. The Balaban J connectivity index is 1.63. The highest BCUT2D eigenvalue weighted by molar-refractivity contribution is 5.76. The van der Waals surface area contributed by atoms with Gasteiger partial charge in [-0.3, -0.25) is 9.69 Å². The van der Waals surface area contributed by atoms with Crippen LogP contribution in [-0.4, -0.2) is 61.6 Å². The lowest BCUT2D eigenvalue weighted by atomic mass is 10.0. The summed E-state index contributed by atoms with van der Waals surface area (Å²) in [4.78, 5) is 17.1. The third kappa shape index (κ3) is 5.32. The molecular weight excluding hydrogens is 347 g/mol. The molecule has 0 radical (unpaired) electrons. The van der Waals surface area contributed by atoms with Crippen molar-refractivity contribution in [1.29, 1.82) is 0 Å². The number of hydrogen-bond donors (Lipinski definition) is 0. The fourth-order valence-electron chi connectivity index (χ4n) is 3.59. The predicted molar refractivity (Wildman–Crippen MR) is 99.1 cm³/mol. The Labute approximate surface area is 159 Å². The van der Waals surface area contributed by atoms with Gasteiger partial charge in [-0.2, -0.15) is 0 Å². The molecule has 1 atom stereocenters. The minimum atomic E-state index is -0.214. The van der Waals surface area contributed by atoms with Crippen LogP contribution in [0, 0.1) is 11.7 Å². The van der Waals surface area contributed by atoms with Crippen LogP contribution >= 0.6 is 0 Å². The summed E-state index contributed by atoms with van der Waals surface area (Å²) >= 11 is 0. The van der Waals surface area contributed by atoms with Gasteiger partial charge in [0, 0.05) is 38.6 Å². The summed E-state index contributed by atoms with van der Waals surface area (Å²) in [6.45, 7) is 8.06. The van der Waals surface area contributed by atoms with E-state index in [0.29, 0.717) is 25.4 Å². The number of hydrogen-bond acceptors (Lipinski definition) is 5. The maximum atomic E-state index is 13.2. The fourth-order valence-corrected chi connectivity index (χ4v) is 3.59. The van der Waals surface area contributed by atoms with E-state index in [1.165, 1.54) is 18.5 Å². The number of carbonyl (C=O) groups is 1. The SMILES string of the molecule is CC(C)[C@@H]1CN(C(=O)CCn2cnnn2)CCCN1Cc1ccc(F)cc1. The lowest BCUT2D eigenvalue weighted by Crippen LogP contribution is -2.45. The minimum absolute atomic E-state index is 0.139. The van der Waals surface area contributed by atoms with Crippen LogP contribution in [0.2, 0.25) is 0 Å². The maximum Gasteiger partial charge on any atom is 0.224 e. The first-order valence-electron chi connectivity index (χ1n) is 9.50. The van der Waals surface area contributed by atoms with Crippen LogP contribution in [0.5, 0.6) is 0 Å². The second kappa shape index (κ2) is 9.03. The Morgan fingerprint density at radius 3 is 2.70 bits per heavy atom. The number of aromatic nitrogens is 4. The highest BCUT2D eigenvalue weighted by Crippen LogP contribution is 2.20. The molecule has 1 aromatic heterocycles. The van der Waals surface area contributed by atoms with Gasteiger partial charge in [-0.25, -0.2) is 9.07 Å². The summed E-state index contributed by atoms with van der Waals surface area (Å²) in [5.74, 6) is 0.340. The molecule has 0 N–H and O–H groups in total. The van der Waals surface area contributed by atoms with E-state index >= 15 is 0 Å². The molecule has 146 valence electrons. The number of benzene rings is 1. The molecule has 0 aliphatic carbocycles. The number of tetrazole rings is 1. The van der Waals surface area contributed by atoms with Crippen LogP contribution in [0.1, 0.15) is 32.3 Å². The van der Waals surface area contributed by atoms with Gasteiger partial charge in [-0.1, -0.05) is 26.0 Å². The summed E-state index contributed by atoms with van der Waals surface area (Å²) in [7, 11) is 0. The normalized spacial score (nSPS) is 18.7. The van der Waals surface area contributed by atoms with Crippen LogP contribution in [-0.2, 0) is 17.9 Å². The molecule has 0 bridgehead atoms. The molecule has 1 amide bonds. The Hall–Kier alpha value is -2.35. The molecule has 7 nitrogen and oxygen atoms in total. The number of amides is 1. The third-order valence-corrected chi connectivity index (χ3v) is 5.12. The van der Waals surface area contributed by atoms with E-state index in [4.69, 9.17) is 0 Å². The Morgan fingerprint density at radius 2 is 2.04 bits per heavy atom. The molecule has 2 aromatic rings. The van der Waals surface area contributed by atoms with E-state index in [0.717, 1.165) is 31.6 Å². The molecule has 1 aliphatic heterocycles. The van der Waals surface area contributed by atoms with Crippen molar-refractivity contribution in [1.82, 2.24) is 30.0 Å². The molecule has 0 spiro atoms. The Morgan fingerprint density at radius 1 is 1.26 bits per heavy atom. The predicted octanol–water partition coefficient (Wildman–Crippen LogP) is 1.96. The molecule has 0 unspecified atom stereocenters. The second-order valence-electron chi connectivity index (χ2n) is 7.42. The van der Waals surface area contributed by atoms with Gasteiger partial charge in [0.25, 0.3) is 0 Å². The molecule has 3 rings (SSSR count). The van der Waals surface area contributed by atoms with Crippen LogP contribution in [0.4, 0.5) is 4.39 Å². The van der Waals surface area contributed by atoms with Gasteiger partial charge in [0.05, 0.1) is 6.54 Å². The van der Waals surface area contributed by atoms with Crippen molar-refractivity contribution in [3.05, 3.63) is 42.0 Å². The summed E-state index contributed by atoms with van der Waals surface area (Å²) in [6.07, 6.45) is 2.85. The first kappa shape index (κ1) is 19.4. The van der Waals surface area contributed by atoms with E-state index in [1.807, 2.05) is 17.0 Å². The van der Waals surface area contributed by atoms with E-state index in [-0.39, 0.29) is 17.8 Å². The van der Waals surface area contributed by atoms with E-state index < -0.39 is 0 Å². The molecule has 8 heteroatoms. The highest BCUT2D eigenvalue weighted by atomic mass is 19.1. The zero-order chi connectivity index (χ0) is 19.2. The Bertz CT molecular complexity index is 718. The molecule has 0 saturated carbocycles. The molecule has 27 heavy (non-hydrogen) atoms. The van der Waals surface area contributed by atoms with Crippen LogP contribution in [0.25, 0.3) is 0 Å². The standard InChI is InChI=1S/C19H27FN6O/c1-15(2)18-13-25(19(27)8-11-26-14-21-22-23-26)10-3-9-24(18)12-16-4-6-17(20)7-5-16/h4-7,14-15,18H,3,8-13H2,1-2H3/t18-/m0/s1. The lowest BCUT2D eigenvalue weighted by Gasteiger charge is -2.34. The number of aryl methyl sites for hydroxylation is 1. The largest absolute Gasteiger partial charge is 0.341 e. The van der Waals surface area contributed by atoms with Gasteiger partial charge < -0.3 is 4.90 Å². The Kier molecular flexibility index (Phi) is 6.49. The molecule has 2 heterocycles. The van der Waals surface area contributed by atoms with Crippen molar-refractivity contribution in [3.63, 3.8) is 0 Å². The number of halogens is 1. The van der Waals surface area contributed by atoms with Crippen molar-refractivity contribution in [2.45, 2.75) is 45.8 Å². The maximum absolute atomic E-state index is 13.2. The van der Waals surface area contributed by atoms with Crippen molar-refractivity contribution in [2.75, 3.05) is 19.6 Å². The quantitative estimate of drug-likeness (QED) is 0.773. The number of nitrogens with zero attached hydrogens (tertiary/aromatic N) is 6. The lowest BCUT2D eigenvalue weighted by molar-refractivity contribution is -0.132. The van der Waals surface area contributed by atoms with Gasteiger partial charge in [-0.15, -0.1) is 5.10 Å². The fraction of sp³-hybridized carbons (Fsp3) is 0.579. The first-order valence-corrected chi connectivity index (χ1v) is 9.50. The molecule has 1 fully saturated rings. The van der Waals surface area contributed by atoms with Gasteiger partial charge in [-0.05, 0) is 40.5 Å². The van der Waals surface area contributed by atoms with E-state index in [2.05, 4.69) is 34.3 Å². The smallest absolute Gasteiger partial charge is 0.224 e. The van der Waals surface area contributed by atoms with Crippen molar-refractivity contribution < 1.29 is 9.18 Å². The van der Waals surface area contributed by atoms with E-state index in [9.17, 15) is 9.18 Å². The van der Waals surface area contributed by atoms with Gasteiger partial charge in [0.15, 0.2) is 0 Å². The topological polar surface area (TPSA) is 67.2 Å². The average molecular weight is 374 g/mol. The number of carbonyl (C=O) groups excluding carboxylic acids is 1. The zero-order valence-electron chi connectivity index (χ0n) is 16.0. The summed E-state index contributed by atoms with van der Waals surface area (Å²) in [5.41, 5.74) is 1.10. The second-order valence-corrected chi connectivity index (χ2v) is 7.42. The van der Waals surface area contributed by atoms with Crippen molar-refractivity contribution >= 4 is 5.91 Å². The van der Waals surface area contributed by atoms with Crippen molar-refractivity contribution in [3.8, 4) is 0 Å². The monoisotopic (exact) mass is 374 g/mol. The third-order valence-electron chi connectivity index (χ3n) is 5.12. The number of rotatable bonds is 6. The van der Waals surface area contributed by atoms with Crippen LogP contribution in [0.15, 0.2) is 30.6 Å². The van der Waals surface area contributed by atoms with Gasteiger partial charge >= 0.3 is 0 Å². The molecular formula is C19H27FN6O. The van der Waals surface area contributed by atoms with Gasteiger partial charge in [0.2, 0.25) is 5.91 Å². The first-order chi connectivity index (χ1) is 13.0. The van der Waals surface area contributed by atoms with Crippen LogP contribution < -0.4 is 0 Å². The van der Waals surface area contributed by atoms with Gasteiger partial charge in [0.1, 0.15) is 12.1 Å². The summed E-state index contributed by atoms with van der Waals surface area (Å²) < 4.78 is 14.8. The molecule has 1 saturated heterocycles. The summed E-state index contributed by atoms with van der Waals surface area (Å²) in [6, 6.07) is 6.97. The minimum Gasteiger partial charge on any atom is -0.341 e. The zero-order valence-corrected chi connectivity index (χ0v) is 16.0.